The Labute approximate surface area is 165 Å². The average Bonchev–Trinajstić information content (AvgIpc) is 3.32. The lowest BCUT2D eigenvalue weighted by Gasteiger charge is -2.11. The number of nitrogens with one attached hydrogen (secondary N) is 2. The van der Waals surface area contributed by atoms with Crippen molar-refractivity contribution in [2.75, 3.05) is 13.6 Å². The van der Waals surface area contributed by atoms with E-state index >= 15 is 0 Å². The van der Waals surface area contributed by atoms with Crippen molar-refractivity contribution in [3.63, 3.8) is 0 Å². The fourth-order valence-corrected chi connectivity index (χ4v) is 2.48. The topological polar surface area (TPSA) is 75.3 Å². The summed E-state index contributed by atoms with van der Waals surface area (Å²) in [5.74, 6) is 3.01. The Hall–Kier alpha value is -1.64. The molecule has 1 aliphatic rings. The number of benzene rings is 1. The van der Waals surface area contributed by atoms with Crippen molar-refractivity contribution in [1.29, 1.82) is 0 Å². The van der Waals surface area contributed by atoms with E-state index in [0.29, 0.717) is 12.4 Å². The molecule has 0 atom stereocenters. The molecule has 0 amide bonds. The van der Waals surface area contributed by atoms with E-state index in [2.05, 4.69) is 44.8 Å². The summed E-state index contributed by atoms with van der Waals surface area (Å²) in [6, 6.07) is 8.15. The lowest BCUT2D eigenvalue weighted by atomic mass is 10.1. The molecule has 1 aromatic heterocycles. The van der Waals surface area contributed by atoms with E-state index in [1.54, 1.807) is 7.05 Å². The number of aryl methyl sites for hydroxylation is 1. The molecule has 1 aliphatic carbocycles. The Bertz CT molecular complexity index is 696. The number of rotatable bonds is 7. The largest absolute Gasteiger partial charge is 0.356 e. The van der Waals surface area contributed by atoms with Gasteiger partial charge in [0.05, 0.1) is 0 Å². The fraction of sp³-hybridized carbons (Fsp3) is 0.500. The van der Waals surface area contributed by atoms with E-state index in [-0.39, 0.29) is 24.0 Å². The van der Waals surface area contributed by atoms with Crippen LogP contribution in [0.25, 0.3) is 11.5 Å². The molecular weight excluding hydrogens is 429 g/mol. The second-order valence-electron chi connectivity index (χ2n) is 6.22. The average molecular weight is 455 g/mol. The molecule has 1 aromatic carbocycles. The minimum atomic E-state index is 0. The third-order valence-electron chi connectivity index (χ3n) is 4.05. The molecule has 1 heterocycles. The molecule has 0 unspecified atom stereocenters. The van der Waals surface area contributed by atoms with E-state index in [1.165, 1.54) is 12.8 Å². The van der Waals surface area contributed by atoms with Crippen LogP contribution in [0.2, 0.25) is 0 Å². The zero-order valence-corrected chi connectivity index (χ0v) is 17.1. The summed E-state index contributed by atoms with van der Waals surface area (Å²) in [5.41, 5.74) is 2.10. The first-order valence-electron chi connectivity index (χ1n) is 8.65. The first-order chi connectivity index (χ1) is 11.8. The molecule has 2 aromatic rings. The monoisotopic (exact) mass is 455 g/mol. The first kappa shape index (κ1) is 19.7. The van der Waals surface area contributed by atoms with Crippen LogP contribution >= 0.6 is 24.0 Å². The van der Waals surface area contributed by atoms with Crippen LogP contribution in [-0.2, 0) is 13.0 Å². The summed E-state index contributed by atoms with van der Waals surface area (Å²) in [6.07, 6.45) is 4.51. The molecule has 1 fully saturated rings. The third-order valence-corrected chi connectivity index (χ3v) is 4.05. The van der Waals surface area contributed by atoms with Crippen LogP contribution in [0.1, 0.15) is 37.6 Å². The van der Waals surface area contributed by atoms with Crippen molar-refractivity contribution in [2.45, 2.75) is 39.2 Å². The fourth-order valence-electron chi connectivity index (χ4n) is 2.48. The quantitative estimate of drug-likeness (QED) is 0.381. The molecule has 3 rings (SSSR count). The van der Waals surface area contributed by atoms with Crippen LogP contribution in [0.4, 0.5) is 0 Å². The van der Waals surface area contributed by atoms with Gasteiger partial charge in [-0.3, -0.25) is 4.99 Å². The predicted molar refractivity (Wildman–Crippen MR) is 110 cm³/mol. The highest BCUT2D eigenvalue weighted by atomic mass is 127. The van der Waals surface area contributed by atoms with Gasteiger partial charge in [0.2, 0.25) is 0 Å². The Kier molecular flexibility index (Phi) is 7.67. The van der Waals surface area contributed by atoms with E-state index in [0.717, 1.165) is 48.2 Å². The molecular formula is C18H26IN5O. The SMILES string of the molecule is CCCc1noc(-c2cccc(CNC(=NC)NCC3CC3)c2)n1.I. The van der Waals surface area contributed by atoms with Gasteiger partial charge in [0, 0.05) is 32.1 Å². The van der Waals surface area contributed by atoms with Crippen LogP contribution < -0.4 is 10.6 Å². The third kappa shape index (κ3) is 5.98. The molecule has 6 nitrogen and oxygen atoms in total. The number of aliphatic imine (C=N–C) groups is 1. The van der Waals surface area contributed by atoms with Crippen molar-refractivity contribution in [2.24, 2.45) is 10.9 Å². The van der Waals surface area contributed by atoms with Crippen molar-refractivity contribution in [1.82, 2.24) is 20.8 Å². The van der Waals surface area contributed by atoms with Gasteiger partial charge in [0.25, 0.3) is 5.89 Å². The van der Waals surface area contributed by atoms with Crippen molar-refractivity contribution < 1.29 is 4.52 Å². The Balaban J connectivity index is 0.00000225. The zero-order valence-electron chi connectivity index (χ0n) is 14.8. The minimum Gasteiger partial charge on any atom is -0.356 e. The molecule has 136 valence electrons. The number of hydrogen-bond donors (Lipinski definition) is 2. The molecule has 2 N–H and O–H groups in total. The van der Waals surface area contributed by atoms with Gasteiger partial charge < -0.3 is 15.2 Å². The van der Waals surface area contributed by atoms with Crippen LogP contribution in [0.5, 0.6) is 0 Å². The van der Waals surface area contributed by atoms with E-state index < -0.39 is 0 Å². The zero-order chi connectivity index (χ0) is 16.8. The lowest BCUT2D eigenvalue weighted by molar-refractivity contribution is 0.422. The molecule has 0 spiro atoms. The smallest absolute Gasteiger partial charge is 0.257 e. The number of aromatic nitrogens is 2. The van der Waals surface area contributed by atoms with Crippen molar-refractivity contribution in [3.8, 4) is 11.5 Å². The minimum absolute atomic E-state index is 0. The highest BCUT2D eigenvalue weighted by molar-refractivity contribution is 14.0. The van der Waals surface area contributed by atoms with E-state index in [9.17, 15) is 0 Å². The predicted octanol–water partition coefficient (Wildman–Crippen LogP) is 3.38. The Morgan fingerprint density at radius 3 is 2.88 bits per heavy atom. The first-order valence-corrected chi connectivity index (χ1v) is 8.65. The molecule has 0 saturated heterocycles. The number of nitrogens with zero attached hydrogens (tertiary/aromatic N) is 3. The van der Waals surface area contributed by atoms with Gasteiger partial charge in [-0.1, -0.05) is 24.2 Å². The van der Waals surface area contributed by atoms with E-state index in [4.69, 9.17) is 4.52 Å². The Morgan fingerprint density at radius 1 is 1.32 bits per heavy atom. The normalized spacial score (nSPS) is 14.1. The highest BCUT2D eigenvalue weighted by Gasteiger charge is 2.21. The molecule has 0 bridgehead atoms. The van der Waals surface area contributed by atoms with E-state index in [1.807, 2.05) is 12.1 Å². The molecule has 7 heteroatoms. The molecule has 0 aliphatic heterocycles. The number of hydrogen-bond acceptors (Lipinski definition) is 4. The van der Waals surface area contributed by atoms with Gasteiger partial charge in [-0.25, -0.2) is 0 Å². The summed E-state index contributed by atoms with van der Waals surface area (Å²) in [6.45, 7) is 3.81. The van der Waals surface area contributed by atoms with Crippen LogP contribution in [0, 0.1) is 5.92 Å². The summed E-state index contributed by atoms with van der Waals surface area (Å²) in [5, 5.41) is 10.7. The van der Waals surface area contributed by atoms with Crippen LogP contribution in [-0.4, -0.2) is 29.7 Å². The second-order valence-corrected chi connectivity index (χ2v) is 6.22. The van der Waals surface area contributed by atoms with Gasteiger partial charge in [-0.15, -0.1) is 24.0 Å². The number of halogens is 1. The molecule has 1 saturated carbocycles. The van der Waals surface area contributed by atoms with Gasteiger partial charge in [0.15, 0.2) is 11.8 Å². The summed E-state index contributed by atoms with van der Waals surface area (Å²) < 4.78 is 5.36. The highest BCUT2D eigenvalue weighted by Crippen LogP contribution is 2.27. The molecule has 25 heavy (non-hydrogen) atoms. The summed E-state index contributed by atoms with van der Waals surface area (Å²) in [7, 11) is 1.80. The maximum Gasteiger partial charge on any atom is 0.257 e. The number of guanidine groups is 1. The summed E-state index contributed by atoms with van der Waals surface area (Å²) >= 11 is 0. The van der Waals surface area contributed by atoms with Gasteiger partial charge in [-0.05, 0) is 42.9 Å². The van der Waals surface area contributed by atoms with Crippen LogP contribution in [0.15, 0.2) is 33.8 Å². The van der Waals surface area contributed by atoms with Gasteiger partial charge in [0.1, 0.15) is 0 Å². The van der Waals surface area contributed by atoms with Crippen molar-refractivity contribution in [3.05, 3.63) is 35.7 Å². The maximum absolute atomic E-state index is 5.36. The van der Waals surface area contributed by atoms with Gasteiger partial charge in [-0.2, -0.15) is 4.98 Å². The molecule has 0 radical (unpaired) electrons. The second kappa shape index (κ2) is 9.74. The van der Waals surface area contributed by atoms with Gasteiger partial charge >= 0.3 is 0 Å². The van der Waals surface area contributed by atoms with Crippen molar-refractivity contribution >= 4 is 29.9 Å². The summed E-state index contributed by atoms with van der Waals surface area (Å²) in [4.78, 5) is 8.71. The lowest BCUT2D eigenvalue weighted by Crippen LogP contribution is -2.37. The van der Waals surface area contributed by atoms with Crippen LogP contribution in [0.3, 0.4) is 0 Å². The standard InChI is InChI=1S/C18H25N5O.HI/c1-3-5-16-22-17(24-23-16)15-7-4-6-14(10-15)12-21-18(19-2)20-11-13-8-9-13;/h4,6-7,10,13H,3,5,8-9,11-12H2,1-2H3,(H2,19,20,21);1H. The Morgan fingerprint density at radius 2 is 2.16 bits per heavy atom. The maximum atomic E-state index is 5.36.